The first-order chi connectivity index (χ1) is 16.0. The second-order valence-corrected chi connectivity index (χ2v) is 8.07. The van der Waals surface area contributed by atoms with Gasteiger partial charge in [-0.15, -0.1) is 5.92 Å². The van der Waals surface area contributed by atoms with Crippen molar-refractivity contribution in [2.75, 3.05) is 0 Å². The van der Waals surface area contributed by atoms with E-state index in [0.717, 1.165) is 24.0 Å². The van der Waals surface area contributed by atoms with Gasteiger partial charge in [-0.1, -0.05) is 81.0 Å². The number of rotatable bonds is 11. The van der Waals surface area contributed by atoms with Crippen LogP contribution in [0.2, 0.25) is 0 Å². The predicted molar refractivity (Wildman–Crippen MR) is 130 cm³/mol. The Bertz CT molecular complexity index is 1190. The summed E-state index contributed by atoms with van der Waals surface area (Å²) >= 11 is 0. The molecule has 0 amide bonds. The van der Waals surface area contributed by atoms with E-state index in [-0.39, 0.29) is 11.3 Å². The molecule has 2 aromatic carbocycles. The number of unbranched alkanes of at least 4 members (excludes halogenated alkanes) is 4. The smallest absolute Gasteiger partial charge is 0.346 e. The van der Waals surface area contributed by atoms with Crippen LogP contribution in [0.1, 0.15) is 67.7 Å². The minimum atomic E-state index is -0.954. The summed E-state index contributed by atoms with van der Waals surface area (Å²) in [6.07, 6.45) is 6.04. The van der Waals surface area contributed by atoms with Crippen molar-refractivity contribution in [3.8, 4) is 23.0 Å². The summed E-state index contributed by atoms with van der Waals surface area (Å²) in [6, 6.07) is 14.6. The van der Waals surface area contributed by atoms with E-state index in [0.29, 0.717) is 30.9 Å². The number of aryl methyl sites for hydroxylation is 1. The van der Waals surface area contributed by atoms with Crippen LogP contribution in [0.15, 0.2) is 53.3 Å². The van der Waals surface area contributed by atoms with E-state index in [1.165, 1.54) is 19.3 Å². The fourth-order valence-corrected chi connectivity index (χ4v) is 3.85. The highest BCUT2D eigenvalue weighted by atomic mass is 16.4. The number of benzene rings is 2. The van der Waals surface area contributed by atoms with Crippen LogP contribution >= 0.6 is 0 Å². The molecule has 3 aromatic rings. The first-order valence-corrected chi connectivity index (χ1v) is 11.5. The van der Waals surface area contributed by atoms with E-state index in [4.69, 9.17) is 0 Å². The van der Waals surface area contributed by atoms with Gasteiger partial charge in [-0.25, -0.2) is 14.3 Å². The molecule has 0 unspecified atom stereocenters. The normalized spacial score (nSPS) is 10.6. The van der Waals surface area contributed by atoms with E-state index in [9.17, 15) is 14.7 Å². The van der Waals surface area contributed by atoms with Crippen molar-refractivity contribution in [2.45, 2.75) is 65.5 Å². The van der Waals surface area contributed by atoms with Crippen LogP contribution in [0.5, 0.6) is 0 Å². The number of nitrogens with zero attached hydrogens (tertiary/aromatic N) is 3. The van der Waals surface area contributed by atoms with Gasteiger partial charge in [0.15, 0.2) is 0 Å². The topological polar surface area (TPSA) is 77.1 Å². The lowest BCUT2D eigenvalue weighted by molar-refractivity contribution is 0.0697. The Morgan fingerprint density at radius 2 is 1.76 bits per heavy atom. The number of aromatic carboxylic acids is 1. The lowest BCUT2D eigenvalue weighted by Crippen LogP contribution is -2.26. The van der Waals surface area contributed by atoms with E-state index < -0.39 is 5.97 Å². The van der Waals surface area contributed by atoms with Crippen molar-refractivity contribution in [2.24, 2.45) is 0 Å². The number of carboxylic acid groups (broad SMARTS) is 1. The standard InChI is InChI=1S/C27H31N3O3/c1-3-5-7-8-11-19-30-27(33)29(25(28-30)14-6-4-2)20-21-15-17-22(18-16-21)23-12-9-10-13-24(23)26(31)32/h9-10,12-13,15-18H,3,5,7-8,11,14,19-20H2,1-2H3,(H,31,32). The molecule has 172 valence electrons. The van der Waals surface area contributed by atoms with Crippen LogP contribution in [0.4, 0.5) is 0 Å². The molecule has 0 spiro atoms. The molecule has 0 aliphatic rings. The summed E-state index contributed by atoms with van der Waals surface area (Å²) < 4.78 is 3.26. The van der Waals surface area contributed by atoms with E-state index in [2.05, 4.69) is 23.9 Å². The Hall–Kier alpha value is -3.59. The second-order valence-electron chi connectivity index (χ2n) is 8.07. The van der Waals surface area contributed by atoms with Crippen LogP contribution in [-0.2, 0) is 19.5 Å². The van der Waals surface area contributed by atoms with Crippen molar-refractivity contribution in [1.29, 1.82) is 0 Å². The van der Waals surface area contributed by atoms with Gasteiger partial charge in [-0.05, 0) is 36.1 Å². The molecule has 1 heterocycles. The molecule has 0 saturated carbocycles. The van der Waals surface area contributed by atoms with Gasteiger partial charge in [0, 0.05) is 6.54 Å². The molecule has 0 atom stereocenters. The zero-order valence-corrected chi connectivity index (χ0v) is 19.4. The van der Waals surface area contributed by atoms with Crippen LogP contribution in [0, 0.1) is 11.8 Å². The monoisotopic (exact) mass is 445 g/mol. The Morgan fingerprint density at radius 1 is 1.03 bits per heavy atom. The summed E-state index contributed by atoms with van der Waals surface area (Å²) in [5.41, 5.74) is 2.59. The second kappa shape index (κ2) is 11.9. The summed E-state index contributed by atoms with van der Waals surface area (Å²) in [4.78, 5) is 24.6. The molecule has 6 heteroatoms. The van der Waals surface area contributed by atoms with Gasteiger partial charge < -0.3 is 5.11 Å². The Balaban J connectivity index is 1.81. The SMILES string of the molecule is CC#CCc1nn(CCCCCCC)c(=O)n1Cc1ccc(-c2ccccc2C(=O)O)cc1. The van der Waals surface area contributed by atoms with Gasteiger partial charge in [-0.2, -0.15) is 5.10 Å². The zero-order valence-electron chi connectivity index (χ0n) is 19.4. The van der Waals surface area contributed by atoms with Gasteiger partial charge in [-0.3, -0.25) is 4.57 Å². The minimum absolute atomic E-state index is 0.112. The lowest BCUT2D eigenvalue weighted by atomic mass is 9.99. The minimum Gasteiger partial charge on any atom is -0.478 e. The maximum absolute atomic E-state index is 13.0. The molecule has 0 saturated heterocycles. The summed E-state index contributed by atoms with van der Waals surface area (Å²) in [6.45, 7) is 4.98. The number of aromatic nitrogens is 3. The first-order valence-electron chi connectivity index (χ1n) is 11.5. The quantitative estimate of drug-likeness (QED) is 0.333. The lowest BCUT2D eigenvalue weighted by Gasteiger charge is -2.08. The van der Waals surface area contributed by atoms with Gasteiger partial charge >= 0.3 is 11.7 Å². The zero-order chi connectivity index (χ0) is 23.6. The van der Waals surface area contributed by atoms with Crippen molar-refractivity contribution in [3.63, 3.8) is 0 Å². The van der Waals surface area contributed by atoms with E-state index in [1.54, 1.807) is 34.4 Å². The third kappa shape index (κ3) is 6.23. The maximum atomic E-state index is 13.0. The van der Waals surface area contributed by atoms with Gasteiger partial charge in [0.2, 0.25) is 0 Å². The molecular weight excluding hydrogens is 414 g/mol. The van der Waals surface area contributed by atoms with Gasteiger partial charge in [0.25, 0.3) is 0 Å². The van der Waals surface area contributed by atoms with Crippen LogP contribution < -0.4 is 5.69 Å². The fourth-order valence-electron chi connectivity index (χ4n) is 3.85. The third-order valence-electron chi connectivity index (χ3n) is 5.66. The van der Waals surface area contributed by atoms with Crippen molar-refractivity contribution in [3.05, 3.63) is 76.0 Å². The molecule has 33 heavy (non-hydrogen) atoms. The van der Waals surface area contributed by atoms with Gasteiger partial charge in [0.1, 0.15) is 5.82 Å². The highest BCUT2D eigenvalue weighted by Crippen LogP contribution is 2.24. The molecule has 1 aromatic heterocycles. The predicted octanol–water partition coefficient (Wildman–Crippen LogP) is 4.99. The summed E-state index contributed by atoms with van der Waals surface area (Å²) in [7, 11) is 0. The summed E-state index contributed by atoms with van der Waals surface area (Å²) in [5.74, 6) is 5.62. The molecule has 0 aliphatic carbocycles. The largest absolute Gasteiger partial charge is 0.478 e. The molecule has 0 fully saturated rings. The first kappa shape index (κ1) is 24.1. The Labute approximate surface area is 194 Å². The number of carboxylic acids is 1. The molecule has 0 aliphatic heterocycles. The van der Waals surface area contributed by atoms with Crippen molar-refractivity contribution in [1.82, 2.24) is 14.3 Å². The fraction of sp³-hybridized carbons (Fsp3) is 0.370. The Kier molecular flexibility index (Phi) is 8.65. The molecule has 0 bridgehead atoms. The van der Waals surface area contributed by atoms with Crippen molar-refractivity contribution < 1.29 is 9.90 Å². The molecule has 3 rings (SSSR count). The highest BCUT2D eigenvalue weighted by molar-refractivity contribution is 5.95. The maximum Gasteiger partial charge on any atom is 0.346 e. The average molecular weight is 446 g/mol. The molecule has 6 nitrogen and oxygen atoms in total. The molecule has 1 N–H and O–H groups in total. The summed E-state index contributed by atoms with van der Waals surface area (Å²) in [5, 5.41) is 14.0. The number of carbonyl (C=O) groups is 1. The molecule has 0 radical (unpaired) electrons. The Morgan fingerprint density at radius 3 is 2.45 bits per heavy atom. The van der Waals surface area contributed by atoms with Crippen LogP contribution in [0.3, 0.4) is 0 Å². The van der Waals surface area contributed by atoms with E-state index >= 15 is 0 Å². The van der Waals surface area contributed by atoms with E-state index in [1.807, 2.05) is 30.3 Å². The number of hydrogen-bond donors (Lipinski definition) is 1. The van der Waals surface area contributed by atoms with Crippen LogP contribution in [0.25, 0.3) is 11.1 Å². The third-order valence-corrected chi connectivity index (χ3v) is 5.66. The van der Waals surface area contributed by atoms with Gasteiger partial charge in [0.05, 0.1) is 18.5 Å². The highest BCUT2D eigenvalue weighted by Gasteiger charge is 2.14. The number of hydrogen-bond acceptors (Lipinski definition) is 3. The average Bonchev–Trinajstić information content (AvgIpc) is 3.12. The van der Waals surface area contributed by atoms with Crippen LogP contribution in [-0.4, -0.2) is 25.4 Å². The molecular formula is C27H31N3O3. The van der Waals surface area contributed by atoms with Crippen molar-refractivity contribution >= 4 is 5.97 Å².